The molecule has 1 fully saturated rings. The van der Waals surface area contributed by atoms with Crippen molar-refractivity contribution in [2.24, 2.45) is 0 Å². The van der Waals surface area contributed by atoms with Crippen LogP contribution in [0.3, 0.4) is 0 Å². The molecular weight excluding hydrogens is 462 g/mol. The molecule has 1 aliphatic rings. The zero-order valence-corrected chi connectivity index (χ0v) is 20.4. The number of rotatable bonds is 9. The summed E-state index contributed by atoms with van der Waals surface area (Å²) in [7, 11) is 1.64. The standard InChI is InChI=1S/C28H28ClN3O3/c1-34-22-14-12-21(13-15-22)32-19-20(18-27(32)33)28-30-24-9-3-4-10-25(24)31(28)16-6-7-17-35-26-11-5-2-8-23(26)29/h2-5,8-15,20H,6-7,16-19H2,1H3. The molecule has 2 heterocycles. The summed E-state index contributed by atoms with van der Waals surface area (Å²) in [6, 6.07) is 23.3. The first-order valence-corrected chi connectivity index (χ1v) is 12.3. The van der Waals surface area contributed by atoms with Crippen LogP contribution < -0.4 is 14.4 Å². The molecule has 1 atom stereocenters. The quantitative estimate of drug-likeness (QED) is 0.267. The third-order valence-electron chi connectivity index (χ3n) is 6.43. The van der Waals surface area contributed by atoms with Gasteiger partial charge in [0, 0.05) is 31.1 Å². The molecule has 0 saturated carbocycles. The number of aromatic nitrogens is 2. The third-order valence-corrected chi connectivity index (χ3v) is 6.74. The fourth-order valence-electron chi connectivity index (χ4n) is 4.65. The number of unbranched alkanes of at least 4 members (excludes halogenated alkanes) is 1. The molecule has 180 valence electrons. The minimum atomic E-state index is 0.0383. The van der Waals surface area contributed by atoms with Crippen LogP contribution in [0.1, 0.15) is 31.0 Å². The van der Waals surface area contributed by atoms with Gasteiger partial charge in [0.1, 0.15) is 17.3 Å². The van der Waals surface area contributed by atoms with Crippen molar-refractivity contribution >= 4 is 34.2 Å². The van der Waals surface area contributed by atoms with Gasteiger partial charge >= 0.3 is 0 Å². The van der Waals surface area contributed by atoms with Crippen LogP contribution in [-0.4, -0.2) is 35.7 Å². The van der Waals surface area contributed by atoms with Crippen LogP contribution >= 0.6 is 11.6 Å². The summed E-state index contributed by atoms with van der Waals surface area (Å²) in [5.41, 5.74) is 2.95. The predicted molar refractivity (Wildman–Crippen MR) is 139 cm³/mol. The second-order valence-corrected chi connectivity index (χ2v) is 9.11. The molecule has 1 amide bonds. The molecule has 1 unspecified atom stereocenters. The van der Waals surface area contributed by atoms with Crippen molar-refractivity contribution in [3.63, 3.8) is 0 Å². The zero-order valence-electron chi connectivity index (χ0n) is 19.7. The van der Waals surface area contributed by atoms with Gasteiger partial charge in [-0.3, -0.25) is 4.79 Å². The molecule has 1 aliphatic heterocycles. The normalized spacial score (nSPS) is 15.7. The van der Waals surface area contributed by atoms with Crippen molar-refractivity contribution in [2.75, 3.05) is 25.2 Å². The summed E-state index contributed by atoms with van der Waals surface area (Å²) in [4.78, 5) is 19.7. The Bertz CT molecular complexity index is 1320. The van der Waals surface area contributed by atoms with Gasteiger partial charge in [-0.1, -0.05) is 35.9 Å². The van der Waals surface area contributed by atoms with Crippen LogP contribution in [0.2, 0.25) is 5.02 Å². The molecule has 1 saturated heterocycles. The van der Waals surface area contributed by atoms with Gasteiger partial charge in [-0.05, 0) is 61.4 Å². The van der Waals surface area contributed by atoms with Crippen LogP contribution in [-0.2, 0) is 11.3 Å². The van der Waals surface area contributed by atoms with E-state index in [0.717, 1.165) is 47.7 Å². The third kappa shape index (κ3) is 4.98. The number of carbonyl (C=O) groups excluding carboxylic acids is 1. The number of fused-ring (bicyclic) bond motifs is 1. The van der Waals surface area contributed by atoms with Crippen molar-refractivity contribution in [3.8, 4) is 11.5 Å². The second kappa shape index (κ2) is 10.4. The Morgan fingerprint density at radius 1 is 1.00 bits per heavy atom. The van der Waals surface area contributed by atoms with Crippen LogP contribution in [0.25, 0.3) is 11.0 Å². The van der Waals surface area contributed by atoms with E-state index in [9.17, 15) is 4.79 Å². The summed E-state index contributed by atoms with van der Waals surface area (Å²) >= 11 is 6.18. The number of anilines is 1. The molecule has 6 nitrogen and oxygen atoms in total. The molecule has 0 bridgehead atoms. The first-order chi connectivity index (χ1) is 17.1. The number of hydrogen-bond acceptors (Lipinski definition) is 4. The molecule has 3 aromatic carbocycles. The highest BCUT2D eigenvalue weighted by Gasteiger charge is 2.34. The molecule has 1 aromatic heterocycles. The molecule has 7 heteroatoms. The fraction of sp³-hybridized carbons (Fsp3) is 0.286. The Balaban J connectivity index is 1.29. The Morgan fingerprint density at radius 3 is 2.57 bits per heavy atom. The number of amides is 1. The number of ether oxygens (including phenoxy) is 2. The maximum atomic E-state index is 12.9. The van der Waals surface area contributed by atoms with E-state index in [-0.39, 0.29) is 11.8 Å². The van der Waals surface area contributed by atoms with E-state index < -0.39 is 0 Å². The molecule has 0 spiro atoms. The highest BCUT2D eigenvalue weighted by molar-refractivity contribution is 6.32. The first-order valence-electron chi connectivity index (χ1n) is 11.9. The minimum Gasteiger partial charge on any atom is -0.497 e. The lowest BCUT2D eigenvalue weighted by molar-refractivity contribution is -0.117. The Morgan fingerprint density at radius 2 is 1.77 bits per heavy atom. The largest absolute Gasteiger partial charge is 0.497 e. The van der Waals surface area contributed by atoms with Gasteiger partial charge < -0.3 is 18.9 Å². The van der Waals surface area contributed by atoms with Gasteiger partial charge in [-0.15, -0.1) is 0 Å². The van der Waals surface area contributed by atoms with E-state index in [1.165, 1.54) is 0 Å². The SMILES string of the molecule is COc1ccc(N2CC(c3nc4ccccc4n3CCCCOc3ccccc3Cl)CC2=O)cc1. The van der Waals surface area contributed by atoms with Crippen molar-refractivity contribution < 1.29 is 14.3 Å². The zero-order chi connectivity index (χ0) is 24.2. The number of methoxy groups -OCH3 is 1. The smallest absolute Gasteiger partial charge is 0.227 e. The second-order valence-electron chi connectivity index (χ2n) is 8.70. The first kappa shape index (κ1) is 23.2. The van der Waals surface area contributed by atoms with Gasteiger partial charge in [0.05, 0.1) is 29.8 Å². The van der Waals surface area contributed by atoms with Crippen LogP contribution in [0.5, 0.6) is 11.5 Å². The van der Waals surface area contributed by atoms with Gasteiger partial charge in [0.15, 0.2) is 0 Å². The van der Waals surface area contributed by atoms with Crippen molar-refractivity contribution in [3.05, 3.63) is 83.6 Å². The summed E-state index contributed by atoms with van der Waals surface area (Å²) < 4.78 is 13.4. The number of carbonyl (C=O) groups is 1. The summed E-state index contributed by atoms with van der Waals surface area (Å²) in [6.07, 6.45) is 2.27. The molecule has 5 rings (SSSR count). The number of imidazole rings is 1. The van der Waals surface area contributed by atoms with Crippen LogP contribution in [0.15, 0.2) is 72.8 Å². The van der Waals surface area contributed by atoms with Crippen LogP contribution in [0, 0.1) is 0 Å². The lowest BCUT2D eigenvalue weighted by atomic mass is 10.1. The Kier molecular flexibility index (Phi) is 6.91. The molecule has 0 aliphatic carbocycles. The average Bonchev–Trinajstić information content (AvgIpc) is 3.45. The Labute approximate surface area is 210 Å². The number of benzene rings is 3. The summed E-state index contributed by atoms with van der Waals surface area (Å²) in [5, 5.41) is 0.628. The molecular formula is C28H28ClN3O3. The van der Waals surface area contributed by atoms with Gasteiger partial charge in [0.25, 0.3) is 0 Å². The van der Waals surface area contributed by atoms with Crippen molar-refractivity contribution in [1.29, 1.82) is 0 Å². The molecule has 0 radical (unpaired) electrons. The van der Waals surface area contributed by atoms with E-state index in [2.05, 4.69) is 10.6 Å². The van der Waals surface area contributed by atoms with Gasteiger partial charge in [-0.25, -0.2) is 4.98 Å². The topological polar surface area (TPSA) is 56.6 Å². The Hall–Kier alpha value is -3.51. The van der Waals surface area contributed by atoms with Crippen LogP contribution in [0.4, 0.5) is 5.69 Å². The van der Waals surface area contributed by atoms with E-state index in [0.29, 0.717) is 30.3 Å². The number of hydrogen-bond donors (Lipinski definition) is 0. The van der Waals surface area contributed by atoms with Gasteiger partial charge in [-0.2, -0.15) is 0 Å². The van der Waals surface area contributed by atoms with E-state index >= 15 is 0 Å². The lowest BCUT2D eigenvalue weighted by Gasteiger charge is -2.18. The maximum absolute atomic E-state index is 12.9. The van der Waals surface area contributed by atoms with E-state index in [1.54, 1.807) is 7.11 Å². The number of halogens is 1. The minimum absolute atomic E-state index is 0.0383. The van der Waals surface area contributed by atoms with E-state index in [4.69, 9.17) is 26.1 Å². The van der Waals surface area contributed by atoms with E-state index in [1.807, 2.05) is 71.6 Å². The maximum Gasteiger partial charge on any atom is 0.227 e. The fourth-order valence-corrected chi connectivity index (χ4v) is 4.84. The molecule has 35 heavy (non-hydrogen) atoms. The number of nitrogens with zero attached hydrogens (tertiary/aromatic N) is 3. The van der Waals surface area contributed by atoms with Gasteiger partial charge in [0.2, 0.25) is 5.91 Å². The molecule has 0 N–H and O–H groups in total. The lowest BCUT2D eigenvalue weighted by Crippen LogP contribution is -2.24. The number of aryl methyl sites for hydroxylation is 1. The summed E-state index contributed by atoms with van der Waals surface area (Å²) in [6.45, 7) is 2.03. The van der Waals surface area contributed by atoms with Crippen molar-refractivity contribution in [2.45, 2.75) is 31.7 Å². The number of para-hydroxylation sites is 3. The highest BCUT2D eigenvalue weighted by Crippen LogP contribution is 2.34. The average molecular weight is 490 g/mol. The summed E-state index contributed by atoms with van der Waals surface area (Å²) in [5.74, 6) is 2.62. The molecule has 4 aromatic rings. The predicted octanol–water partition coefficient (Wildman–Crippen LogP) is 6.08. The monoisotopic (exact) mass is 489 g/mol. The highest BCUT2D eigenvalue weighted by atomic mass is 35.5. The van der Waals surface area contributed by atoms with Crippen molar-refractivity contribution in [1.82, 2.24) is 9.55 Å².